The van der Waals surface area contributed by atoms with Crippen molar-refractivity contribution in [3.63, 3.8) is 0 Å². The van der Waals surface area contributed by atoms with Crippen LogP contribution in [0.3, 0.4) is 0 Å². The maximum absolute atomic E-state index is 12.7. The Morgan fingerprint density at radius 1 is 1.03 bits per heavy atom. The average Bonchev–Trinajstić information content (AvgIpc) is 3.21. The van der Waals surface area contributed by atoms with Gasteiger partial charge in [0.15, 0.2) is 6.61 Å². The summed E-state index contributed by atoms with van der Waals surface area (Å²) < 4.78 is 5.20. The Morgan fingerprint density at radius 3 is 2.40 bits per heavy atom. The third-order valence-corrected chi connectivity index (χ3v) is 5.65. The summed E-state index contributed by atoms with van der Waals surface area (Å²) in [6.45, 7) is 4.34. The molecule has 3 N–H and O–H groups in total. The normalized spacial score (nSPS) is 11.5. The maximum Gasteiger partial charge on any atom is 0.329 e. The van der Waals surface area contributed by atoms with Crippen molar-refractivity contribution in [2.45, 2.75) is 33.2 Å². The zero-order valence-corrected chi connectivity index (χ0v) is 20.3. The molecule has 0 saturated carbocycles. The van der Waals surface area contributed by atoms with E-state index in [0.29, 0.717) is 5.69 Å². The number of carbonyl (C=O) groups excluding carboxylic acids is 4. The number of esters is 1. The molecule has 0 saturated heterocycles. The molecule has 9 heteroatoms. The molecular weight excluding hydrogens is 448 g/mol. The van der Waals surface area contributed by atoms with Crippen LogP contribution in [-0.4, -0.2) is 59.8 Å². The number of hydrogen-bond acceptors (Lipinski definition) is 5. The standard InChI is InChI=1S/C26H30N4O5/c1-16-8-7-9-17(2)25(16)29-23(32)14-30(4)24(33)15-35-26(34)22(28-18(3)31)12-19-13-27-21-11-6-5-10-20(19)21/h5-11,13,22,27H,12,14-15H2,1-4H3,(H,28,31)(H,29,32)/t22-/m0/s1. The molecule has 0 aliphatic rings. The average molecular weight is 479 g/mol. The molecule has 3 amide bonds. The highest BCUT2D eigenvalue weighted by Gasteiger charge is 2.25. The van der Waals surface area contributed by atoms with Crippen LogP contribution in [0.1, 0.15) is 23.6 Å². The highest BCUT2D eigenvalue weighted by atomic mass is 16.5. The van der Waals surface area contributed by atoms with Crippen molar-refractivity contribution in [1.82, 2.24) is 15.2 Å². The summed E-state index contributed by atoms with van der Waals surface area (Å²) in [5, 5.41) is 6.34. The number of amides is 3. The van der Waals surface area contributed by atoms with Gasteiger partial charge in [-0.2, -0.15) is 0 Å². The lowest BCUT2D eigenvalue weighted by atomic mass is 10.0. The van der Waals surface area contributed by atoms with Gasteiger partial charge in [0, 0.05) is 43.2 Å². The van der Waals surface area contributed by atoms with Gasteiger partial charge in [0.2, 0.25) is 11.8 Å². The van der Waals surface area contributed by atoms with Gasteiger partial charge < -0.3 is 25.3 Å². The van der Waals surface area contributed by atoms with Gasteiger partial charge in [-0.3, -0.25) is 14.4 Å². The first-order chi connectivity index (χ1) is 16.7. The first kappa shape index (κ1) is 25.5. The Hall–Kier alpha value is -4.14. The first-order valence-electron chi connectivity index (χ1n) is 11.2. The van der Waals surface area contributed by atoms with E-state index < -0.39 is 30.4 Å². The molecule has 0 aliphatic heterocycles. The molecule has 0 fully saturated rings. The van der Waals surface area contributed by atoms with Crippen LogP contribution in [0, 0.1) is 13.8 Å². The number of benzene rings is 2. The summed E-state index contributed by atoms with van der Waals surface area (Å²) in [7, 11) is 1.46. The number of nitrogens with zero attached hydrogens (tertiary/aromatic N) is 1. The van der Waals surface area contributed by atoms with Crippen LogP contribution in [0.15, 0.2) is 48.7 Å². The minimum Gasteiger partial charge on any atom is -0.454 e. The summed E-state index contributed by atoms with van der Waals surface area (Å²) in [5.41, 5.74) is 4.29. The van der Waals surface area contributed by atoms with E-state index in [2.05, 4.69) is 15.6 Å². The number of hydrogen-bond donors (Lipinski definition) is 3. The molecule has 0 aliphatic carbocycles. The molecule has 0 bridgehead atoms. The van der Waals surface area contributed by atoms with Crippen LogP contribution in [0.25, 0.3) is 10.9 Å². The number of ether oxygens (including phenoxy) is 1. The second kappa shape index (κ2) is 11.3. The Balaban J connectivity index is 1.56. The van der Waals surface area contributed by atoms with Crippen molar-refractivity contribution >= 4 is 40.3 Å². The van der Waals surface area contributed by atoms with E-state index in [1.54, 1.807) is 6.20 Å². The molecule has 1 atom stereocenters. The molecule has 3 rings (SSSR count). The molecular formula is C26H30N4O5. The van der Waals surface area contributed by atoms with Crippen LogP contribution >= 0.6 is 0 Å². The quantitative estimate of drug-likeness (QED) is 0.408. The number of anilines is 1. The van der Waals surface area contributed by atoms with Crippen LogP contribution < -0.4 is 10.6 Å². The van der Waals surface area contributed by atoms with Gasteiger partial charge in [-0.15, -0.1) is 0 Å². The number of likely N-dealkylation sites (N-methyl/N-ethyl adjacent to an activating group) is 1. The topological polar surface area (TPSA) is 121 Å². The lowest BCUT2D eigenvalue weighted by molar-refractivity contribution is -0.154. The first-order valence-corrected chi connectivity index (χ1v) is 11.2. The van der Waals surface area contributed by atoms with Crippen molar-refractivity contribution in [3.05, 3.63) is 65.4 Å². The Morgan fingerprint density at radius 2 is 1.71 bits per heavy atom. The van der Waals surface area contributed by atoms with E-state index in [4.69, 9.17) is 4.74 Å². The van der Waals surface area contributed by atoms with Gasteiger partial charge in [0.25, 0.3) is 5.91 Å². The molecule has 35 heavy (non-hydrogen) atoms. The van der Waals surface area contributed by atoms with Crippen molar-refractivity contribution < 1.29 is 23.9 Å². The molecule has 9 nitrogen and oxygen atoms in total. The fourth-order valence-corrected chi connectivity index (χ4v) is 3.80. The summed E-state index contributed by atoms with van der Waals surface area (Å²) in [6.07, 6.45) is 1.98. The fraction of sp³-hybridized carbons (Fsp3) is 0.308. The number of rotatable bonds is 9. The Kier molecular flexibility index (Phi) is 8.25. The number of carbonyl (C=O) groups is 4. The molecule has 1 aromatic heterocycles. The third kappa shape index (κ3) is 6.69. The minimum atomic E-state index is -0.961. The predicted molar refractivity (Wildman–Crippen MR) is 133 cm³/mol. The summed E-state index contributed by atoms with van der Waals surface area (Å²) >= 11 is 0. The SMILES string of the molecule is CC(=O)N[C@@H](Cc1c[nH]c2ccccc12)C(=O)OCC(=O)N(C)CC(=O)Nc1c(C)cccc1C. The third-order valence-electron chi connectivity index (χ3n) is 5.65. The molecule has 1 heterocycles. The van der Waals surface area contributed by atoms with Crippen LogP contribution in [0.4, 0.5) is 5.69 Å². The Labute approximate surface area is 203 Å². The zero-order chi connectivity index (χ0) is 25.5. The van der Waals surface area contributed by atoms with Gasteiger partial charge in [-0.05, 0) is 36.6 Å². The number of H-pyrrole nitrogens is 1. The number of aromatic nitrogens is 1. The number of fused-ring (bicyclic) bond motifs is 1. The monoisotopic (exact) mass is 478 g/mol. The fourth-order valence-electron chi connectivity index (χ4n) is 3.80. The highest BCUT2D eigenvalue weighted by Crippen LogP contribution is 2.20. The molecule has 2 aromatic carbocycles. The number of para-hydroxylation sites is 2. The number of nitrogens with one attached hydrogen (secondary N) is 3. The molecule has 0 spiro atoms. The molecule has 184 valence electrons. The molecule has 0 unspecified atom stereocenters. The minimum absolute atomic E-state index is 0.199. The van der Waals surface area contributed by atoms with Crippen molar-refractivity contribution in [2.75, 3.05) is 25.5 Å². The largest absolute Gasteiger partial charge is 0.454 e. The molecule has 3 aromatic rings. The Bertz CT molecular complexity index is 1230. The van der Waals surface area contributed by atoms with Gasteiger partial charge in [0.05, 0.1) is 6.54 Å². The van der Waals surface area contributed by atoms with Gasteiger partial charge in [-0.1, -0.05) is 36.4 Å². The number of aryl methyl sites for hydroxylation is 2. The van der Waals surface area contributed by atoms with Crippen molar-refractivity contribution in [3.8, 4) is 0 Å². The molecule has 0 radical (unpaired) electrons. The smallest absolute Gasteiger partial charge is 0.329 e. The van der Waals surface area contributed by atoms with Gasteiger partial charge in [0.1, 0.15) is 6.04 Å². The zero-order valence-electron chi connectivity index (χ0n) is 20.3. The van der Waals surface area contributed by atoms with E-state index >= 15 is 0 Å². The maximum atomic E-state index is 12.7. The van der Waals surface area contributed by atoms with E-state index in [1.165, 1.54) is 18.9 Å². The van der Waals surface area contributed by atoms with Crippen LogP contribution in [-0.2, 0) is 30.3 Å². The van der Waals surface area contributed by atoms with Crippen molar-refractivity contribution in [2.24, 2.45) is 0 Å². The summed E-state index contributed by atoms with van der Waals surface area (Å²) in [4.78, 5) is 53.6. The predicted octanol–water partition coefficient (Wildman–Crippen LogP) is 2.47. The van der Waals surface area contributed by atoms with Crippen molar-refractivity contribution in [1.29, 1.82) is 0 Å². The van der Waals surface area contributed by atoms with E-state index in [1.807, 2.05) is 56.3 Å². The van der Waals surface area contributed by atoms with E-state index in [0.717, 1.165) is 27.6 Å². The van der Waals surface area contributed by atoms with Crippen LogP contribution in [0.2, 0.25) is 0 Å². The van der Waals surface area contributed by atoms with E-state index in [-0.39, 0.29) is 18.9 Å². The highest BCUT2D eigenvalue weighted by molar-refractivity contribution is 5.96. The van der Waals surface area contributed by atoms with E-state index in [9.17, 15) is 19.2 Å². The van der Waals surface area contributed by atoms with Gasteiger partial charge in [-0.25, -0.2) is 4.79 Å². The van der Waals surface area contributed by atoms with Crippen LogP contribution in [0.5, 0.6) is 0 Å². The second-order valence-corrected chi connectivity index (χ2v) is 8.49. The lowest BCUT2D eigenvalue weighted by Crippen LogP contribution is -2.44. The number of aromatic amines is 1. The summed E-state index contributed by atoms with van der Waals surface area (Å²) in [5.74, 6) is -2.02. The second-order valence-electron chi connectivity index (χ2n) is 8.49. The lowest BCUT2D eigenvalue weighted by Gasteiger charge is -2.20. The van der Waals surface area contributed by atoms with Gasteiger partial charge >= 0.3 is 5.97 Å². The summed E-state index contributed by atoms with van der Waals surface area (Å²) in [6, 6.07) is 12.3.